The van der Waals surface area contributed by atoms with E-state index in [1.807, 2.05) is 0 Å². The summed E-state index contributed by atoms with van der Waals surface area (Å²) in [4.78, 5) is 9.86. The van der Waals surface area contributed by atoms with Crippen LogP contribution in [-0.2, 0) is 36.6 Å². The number of hydrogen-bond donors (Lipinski definition) is 3. The fourth-order valence-electron chi connectivity index (χ4n) is 0.646. The fourth-order valence-corrected chi connectivity index (χ4v) is 0.646. The van der Waals surface area contributed by atoms with Crippen molar-refractivity contribution in [3.63, 3.8) is 0 Å². The van der Waals surface area contributed by atoms with Gasteiger partial charge in [0, 0.05) is 22.4 Å². The molecule has 1 fully saturated rings. The van der Waals surface area contributed by atoms with E-state index in [1.54, 1.807) is 0 Å². The third kappa shape index (κ3) is 10.3. The third-order valence-corrected chi connectivity index (χ3v) is 1.55. The van der Waals surface area contributed by atoms with Crippen LogP contribution in [0.4, 0.5) is 0 Å². The van der Waals surface area contributed by atoms with E-state index in [-0.39, 0.29) is 22.4 Å². The van der Waals surface area contributed by atoms with Gasteiger partial charge in [0.25, 0.3) is 0 Å². The molecule has 0 aromatic carbocycles. The van der Waals surface area contributed by atoms with Crippen molar-refractivity contribution in [1.29, 1.82) is 0 Å². The number of aliphatic carboxylic acids is 1. The van der Waals surface area contributed by atoms with Crippen LogP contribution in [0.2, 0.25) is 0 Å². The van der Waals surface area contributed by atoms with Gasteiger partial charge in [0.2, 0.25) is 0 Å². The number of rotatable bonds is 2. The van der Waals surface area contributed by atoms with Gasteiger partial charge >= 0.3 is 5.97 Å². The van der Waals surface area contributed by atoms with Gasteiger partial charge < -0.3 is 25.4 Å². The second-order valence-electron chi connectivity index (χ2n) is 2.83. The molecule has 0 aromatic heterocycles. The van der Waals surface area contributed by atoms with Crippen LogP contribution in [-0.4, -0.2) is 54.8 Å². The molecule has 1 aliphatic heterocycles. The van der Waals surface area contributed by atoms with Crippen molar-refractivity contribution >= 4 is 5.97 Å². The molecule has 0 amide bonds. The number of nitrogens with two attached hydrogens (primary N) is 1. The van der Waals surface area contributed by atoms with Gasteiger partial charge in [-0.05, 0) is 6.92 Å². The molecule has 0 aromatic rings. The third-order valence-electron chi connectivity index (χ3n) is 1.55. The molecule has 15 heavy (non-hydrogen) atoms. The summed E-state index contributed by atoms with van der Waals surface area (Å²) in [5.41, 5.74) is 4.91. The minimum Gasteiger partial charge on any atom is -0.480 e. The average molecular weight is 315 g/mol. The Morgan fingerprint density at radius 1 is 1.27 bits per heavy atom. The molecule has 1 radical (unpaired) electrons. The smallest absolute Gasteiger partial charge is 0.323 e. The summed E-state index contributed by atoms with van der Waals surface area (Å²) in [6, 6.07) is -1.16. The Bertz CT molecular complexity index is 152. The van der Waals surface area contributed by atoms with E-state index in [1.165, 1.54) is 6.92 Å². The molecule has 1 heterocycles. The Kier molecular flexibility index (Phi) is 12.3. The normalized spacial score (nSPS) is 18.9. The van der Waals surface area contributed by atoms with Gasteiger partial charge in [-0.2, -0.15) is 0 Å². The van der Waals surface area contributed by atoms with Crippen molar-refractivity contribution in [3.8, 4) is 0 Å². The van der Waals surface area contributed by atoms with Gasteiger partial charge in [0.1, 0.15) is 6.04 Å². The van der Waals surface area contributed by atoms with Crippen molar-refractivity contribution in [1.82, 2.24) is 0 Å². The van der Waals surface area contributed by atoms with Crippen molar-refractivity contribution < 1.29 is 46.9 Å². The zero-order valence-corrected chi connectivity index (χ0v) is 9.96. The van der Waals surface area contributed by atoms with Crippen LogP contribution in [0.3, 0.4) is 0 Å². The minimum atomic E-state index is -1.18. The van der Waals surface area contributed by atoms with Crippen molar-refractivity contribution in [2.45, 2.75) is 19.1 Å². The van der Waals surface area contributed by atoms with E-state index in [0.29, 0.717) is 0 Å². The largest absolute Gasteiger partial charge is 0.480 e. The minimum absolute atomic E-state index is 0. The summed E-state index contributed by atoms with van der Waals surface area (Å²) in [5, 5.41) is 16.6. The molecule has 2 atom stereocenters. The van der Waals surface area contributed by atoms with Crippen molar-refractivity contribution in [2.24, 2.45) is 5.73 Å². The van der Waals surface area contributed by atoms with E-state index >= 15 is 0 Å². The van der Waals surface area contributed by atoms with Gasteiger partial charge in [0.05, 0.1) is 32.5 Å². The van der Waals surface area contributed by atoms with Crippen LogP contribution in [0.25, 0.3) is 0 Å². The Morgan fingerprint density at radius 3 is 1.67 bits per heavy atom. The van der Waals surface area contributed by atoms with Crippen molar-refractivity contribution in [2.75, 3.05) is 26.4 Å². The van der Waals surface area contributed by atoms with Crippen molar-refractivity contribution in [3.05, 3.63) is 0 Å². The zero-order valence-electron chi connectivity index (χ0n) is 8.48. The molecule has 0 aliphatic carbocycles. The van der Waals surface area contributed by atoms with Gasteiger partial charge in [-0.15, -0.1) is 0 Å². The maximum absolute atomic E-state index is 9.86. The molecule has 0 unspecified atom stereocenters. The van der Waals surface area contributed by atoms with Crippen LogP contribution in [0.5, 0.6) is 0 Å². The van der Waals surface area contributed by atoms with E-state index in [4.69, 9.17) is 25.4 Å². The monoisotopic (exact) mass is 314 g/mol. The van der Waals surface area contributed by atoms with Gasteiger partial charge in [-0.1, -0.05) is 0 Å². The van der Waals surface area contributed by atoms with Gasteiger partial charge in [0.15, 0.2) is 0 Å². The standard InChI is InChI=1S/C4H9NO3.C4H8O2.Ag/c1-2(6)3(5)4(7)8;1-2-6-4-3-5-1;/h2-3,6H,5H2,1H3,(H,7,8);1-4H2;/t2-,3+;;/m1../s1. The quantitative estimate of drug-likeness (QED) is 0.554. The molecule has 1 rings (SSSR count). The summed E-state index contributed by atoms with van der Waals surface area (Å²) in [5.74, 6) is -1.18. The maximum Gasteiger partial charge on any atom is 0.323 e. The number of carboxylic acids is 1. The summed E-state index contributed by atoms with van der Waals surface area (Å²) in [7, 11) is 0. The zero-order chi connectivity index (χ0) is 11.0. The van der Waals surface area contributed by atoms with Gasteiger partial charge in [-0.25, -0.2) is 0 Å². The molecule has 0 saturated carbocycles. The average Bonchev–Trinajstić information content (AvgIpc) is 2.20. The summed E-state index contributed by atoms with van der Waals surface area (Å²) < 4.78 is 9.89. The SMILES string of the molecule is C1COCCO1.C[C@@H](O)[C@H](N)C(=O)O.[Ag]. The first-order chi connectivity index (χ1) is 6.55. The summed E-state index contributed by atoms with van der Waals surface area (Å²) in [6.45, 7) is 4.44. The molecule has 6 nitrogen and oxygen atoms in total. The molecular formula is C8H17AgNO5. The topological polar surface area (TPSA) is 102 Å². The first-order valence-corrected chi connectivity index (χ1v) is 4.37. The molecule has 0 spiro atoms. The predicted octanol–water partition coefficient (Wildman–Crippen LogP) is -1.19. The molecule has 0 bridgehead atoms. The summed E-state index contributed by atoms with van der Waals surface area (Å²) >= 11 is 0. The first kappa shape index (κ1) is 17.4. The Balaban J connectivity index is 0. The van der Waals surface area contributed by atoms with Crippen LogP contribution in [0.15, 0.2) is 0 Å². The Labute approximate surface area is 104 Å². The van der Waals surface area contributed by atoms with Crippen LogP contribution in [0, 0.1) is 0 Å². The number of carboxylic acid groups (broad SMARTS) is 1. The van der Waals surface area contributed by atoms with E-state index < -0.39 is 18.1 Å². The van der Waals surface area contributed by atoms with Gasteiger partial charge in [-0.3, -0.25) is 4.79 Å². The second kappa shape index (κ2) is 10.6. The molecule has 1 saturated heterocycles. The molecule has 4 N–H and O–H groups in total. The van der Waals surface area contributed by atoms with Crippen LogP contribution < -0.4 is 5.73 Å². The maximum atomic E-state index is 9.86. The number of aliphatic hydroxyl groups excluding tert-OH is 1. The van der Waals surface area contributed by atoms with Crippen LogP contribution >= 0.6 is 0 Å². The predicted molar refractivity (Wildman–Crippen MR) is 48.9 cm³/mol. The van der Waals surface area contributed by atoms with Crippen LogP contribution in [0.1, 0.15) is 6.92 Å². The number of hydrogen-bond acceptors (Lipinski definition) is 5. The Morgan fingerprint density at radius 2 is 1.60 bits per heavy atom. The molecule has 1 aliphatic rings. The second-order valence-corrected chi connectivity index (χ2v) is 2.83. The molecule has 95 valence electrons. The fraction of sp³-hybridized carbons (Fsp3) is 0.875. The number of aliphatic hydroxyl groups is 1. The number of carbonyl (C=O) groups is 1. The summed E-state index contributed by atoms with van der Waals surface area (Å²) in [6.07, 6.45) is -0.979. The first-order valence-electron chi connectivity index (χ1n) is 4.37. The molecule has 7 heteroatoms. The van der Waals surface area contributed by atoms with E-state index in [2.05, 4.69) is 0 Å². The Hall–Kier alpha value is 0.0503. The van der Waals surface area contributed by atoms with E-state index in [0.717, 1.165) is 26.4 Å². The van der Waals surface area contributed by atoms with E-state index in [9.17, 15) is 4.79 Å². The molecular weight excluding hydrogens is 298 g/mol. The number of ether oxygens (including phenoxy) is 2.